The number of aliphatic imine (C=N–C) groups is 1. The van der Waals surface area contributed by atoms with Crippen LogP contribution in [0.15, 0.2) is 35.5 Å². The molecule has 3 aliphatic rings. The summed E-state index contributed by atoms with van der Waals surface area (Å²) >= 11 is 7.88. The predicted molar refractivity (Wildman–Crippen MR) is 250 cm³/mol. The van der Waals surface area contributed by atoms with E-state index in [4.69, 9.17) is 16.6 Å². The molecule has 0 radical (unpaired) electrons. The summed E-state index contributed by atoms with van der Waals surface area (Å²) in [5.74, 6) is 0.864. The molecule has 66 heavy (non-hydrogen) atoms. The summed E-state index contributed by atoms with van der Waals surface area (Å²) in [5, 5.41) is 33.5. The van der Waals surface area contributed by atoms with E-state index in [2.05, 4.69) is 71.8 Å². The Balaban J connectivity index is 0.774. The number of benzene rings is 1. The highest BCUT2D eigenvalue weighted by atomic mass is 35.5. The first-order valence-corrected chi connectivity index (χ1v) is 24.2. The van der Waals surface area contributed by atoms with Gasteiger partial charge in [0.1, 0.15) is 22.4 Å². The number of unbranched alkanes of at least 4 members (excludes halogenated alkanes) is 2. The fourth-order valence-electron chi connectivity index (χ4n) is 8.67. The highest BCUT2D eigenvalue weighted by Crippen LogP contribution is 2.39. The van der Waals surface area contributed by atoms with E-state index in [9.17, 15) is 24.0 Å². The lowest BCUT2D eigenvalue weighted by atomic mass is 9.84. The normalized spacial score (nSPS) is 19.7. The van der Waals surface area contributed by atoms with Crippen molar-refractivity contribution < 1.29 is 24.0 Å². The van der Waals surface area contributed by atoms with Crippen molar-refractivity contribution in [2.24, 2.45) is 4.99 Å². The quantitative estimate of drug-likeness (QED) is 0.0496. The van der Waals surface area contributed by atoms with Crippen LogP contribution in [0.4, 0.5) is 4.79 Å². The van der Waals surface area contributed by atoms with Crippen LogP contribution in [-0.2, 0) is 32.1 Å². The lowest BCUT2D eigenvalue weighted by Gasteiger charge is -2.42. The number of hydrogen-bond donors (Lipinski definition) is 7. The second-order valence-corrected chi connectivity index (χ2v) is 19.1. The van der Waals surface area contributed by atoms with Gasteiger partial charge in [0.05, 0.1) is 23.9 Å². The molecule has 2 fully saturated rings. The predicted octanol–water partition coefficient (Wildman–Crippen LogP) is 4.11. The Kier molecular flexibility index (Phi) is 16.2. The minimum Gasteiger partial charge on any atom is -0.356 e. The lowest BCUT2D eigenvalue weighted by Crippen LogP contribution is -2.74. The smallest absolute Gasteiger partial charge is 0.315 e. The van der Waals surface area contributed by atoms with Crippen molar-refractivity contribution >= 4 is 58.3 Å². The molecule has 4 aromatic rings. The van der Waals surface area contributed by atoms with Crippen molar-refractivity contribution in [3.8, 4) is 5.00 Å². The summed E-state index contributed by atoms with van der Waals surface area (Å²) in [6.07, 6.45) is 9.93. The van der Waals surface area contributed by atoms with E-state index in [1.165, 1.54) is 0 Å². The van der Waals surface area contributed by atoms with Gasteiger partial charge in [-0.3, -0.25) is 38.8 Å². The third-order valence-corrected chi connectivity index (χ3v) is 14.0. The van der Waals surface area contributed by atoms with E-state index < -0.39 is 11.6 Å². The monoisotopic (exact) mass is 944 g/mol. The zero-order valence-corrected chi connectivity index (χ0v) is 39.7. The number of rotatable bonds is 24. The Morgan fingerprint density at radius 2 is 1.58 bits per heavy atom. The molecule has 354 valence electrons. The van der Waals surface area contributed by atoms with Crippen molar-refractivity contribution in [1.82, 2.24) is 67.2 Å². The maximum atomic E-state index is 13.3. The SMILES string of the molecule is Cc1sc2c(c1C)C(c1ccc(Cl)cc1)=N[C@@H](CC(=O)NCCNC(=O)CCCC1(CCCc3cn(CCCNC(=O)CCCCC[C@@H]4NC(=O)N[C@@H]4C)nn3)NNC1=O)c1nnc(C)n1-2. The van der Waals surface area contributed by atoms with Crippen LogP contribution in [0.3, 0.4) is 0 Å². The first-order valence-electron chi connectivity index (χ1n) is 23.0. The molecule has 7 rings (SSSR count). The van der Waals surface area contributed by atoms with Crippen LogP contribution in [0, 0.1) is 20.8 Å². The Morgan fingerprint density at radius 3 is 2.29 bits per heavy atom. The van der Waals surface area contributed by atoms with Crippen LogP contribution >= 0.6 is 22.9 Å². The van der Waals surface area contributed by atoms with Gasteiger partial charge in [0.25, 0.3) is 5.91 Å². The fourth-order valence-corrected chi connectivity index (χ4v) is 10.0. The van der Waals surface area contributed by atoms with Crippen LogP contribution in [0.5, 0.6) is 0 Å². The summed E-state index contributed by atoms with van der Waals surface area (Å²) in [5.41, 5.74) is 9.57. The Hall–Kier alpha value is -5.73. The molecular weight excluding hydrogens is 884 g/mol. The summed E-state index contributed by atoms with van der Waals surface area (Å²) in [4.78, 5) is 68.8. The van der Waals surface area contributed by atoms with Gasteiger partial charge in [0.15, 0.2) is 5.82 Å². The molecular formula is C45H61ClN14O5S. The minimum atomic E-state index is -0.745. The number of hydrogen-bond acceptors (Lipinski definition) is 12. The van der Waals surface area contributed by atoms with Gasteiger partial charge >= 0.3 is 6.03 Å². The molecule has 1 unspecified atom stereocenters. The number of carbonyl (C=O) groups is 5. The van der Waals surface area contributed by atoms with Crippen LogP contribution in [0.1, 0.15) is 129 Å². The third-order valence-electron chi connectivity index (χ3n) is 12.6. The number of aromatic nitrogens is 6. The second kappa shape index (κ2) is 22.2. The van der Waals surface area contributed by atoms with Crippen LogP contribution < -0.4 is 37.4 Å². The molecule has 0 saturated carbocycles. The molecule has 7 N–H and O–H groups in total. The molecule has 6 amide bonds. The average molecular weight is 946 g/mol. The van der Waals surface area contributed by atoms with Crippen LogP contribution in [-0.4, -0.2) is 102 Å². The van der Waals surface area contributed by atoms with E-state index in [1.807, 2.05) is 48.9 Å². The van der Waals surface area contributed by atoms with Gasteiger partial charge in [-0.15, -0.1) is 26.6 Å². The van der Waals surface area contributed by atoms with Crippen molar-refractivity contribution in [1.29, 1.82) is 0 Å². The number of carbonyl (C=O) groups excluding carboxylic acids is 5. The highest BCUT2D eigenvalue weighted by Gasteiger charge is 2.45. The highest BCUT2D eigenvalue weighted by molar-refractivity contribution is 7.15. The van der Waals surface area contributed by atoms with Gasteiger partial charge in [0.2, 0.25) is 17.7 Å². The summed E-state index contributed by atoms with van der Waals surface area (Å²) in [6, 6.07) is 7.11. The number of fused-ring (bicyclic) bond motifs is 3. The Morgan fingerprint density at radius 1 is 0.848 bits per heavy atom. The molecule has 19 nitrogen and oxygen atoms in total. The van der Waals surface area contributed by atoms with E-state index in [-0.39, 0.29) is 67.7 Å². The van der Waals surface area contributed by atoms with Gasteiger partial charge < -0.3 is 26.6 Å². The molecule has 3 aliphatic heterocycles. The van der Waals surface area contributed by atoms with Gasteiger partial charge in [0, 0.05) is 72.3 Å². The standard InChI is InChI=1S/C45H61ClN14O5S/c1-27-29(3)66-42-39(27)40(31-15-17-32(46)18-16-31)51-35(41-55-53-30(4)60(41)42)25-38(63)49-23-22-48-37(62)14-9-20-45(43(64)56-57-45)19-8-11-33-26-59(58-54-33)24-10-21-47-36(61)13-7-5-6-12-34-28(2)50-44(65)52-34/h15-18,26,28,34-35,57H,5-14,19-25H2,1-4H3,(H,47,61)(H,48,62)(H,49,63)(H,56,64)(H2,50,52,65)/t28-,34+,35+,45?/m1/s1. The van der Waals surface area contributed by atoms with Crippen LogP contribution in [0.25, 0.3) is 5.00 Å². The van der Waals surface area contributed by atoms with Gasteiger partial charge in [-0.05, 0) is 96.8 Å². The maximum absolute atomic E-state index is 13.3. The second-order valence-electron chi connectivity index (χ2n) is 17.5. The number of halogens is 1. The van der Waals surface area contributed by atoms with Crippen molar-refractivity contribution in [2.75, 3.05) is 19.6 Å². The molecule has 2 saturated heterocycles. The van der Waals surface area contributed by atoms with Gasteiger partial charge in [-0.1, -0.05) is 41.8 Å². The molecule has 0 aliphatic carbocycles. The number of nitrogens with zero attached hydrogens (tertiary/aromatic N) is 7. The lowest BCUT2D eigenvalue weighted by molar-refractivity contribution is -0.141. The minimum absolute atomic E-state index is 0.0384. The number of nitrogens with one attached hydrogen (secondary N) is 7. The molecule has 0 spiro atoms. The Bertz CT molecular complexity index is 2410. The summed E-state index contributed by atoms with van der Waals surface area (Å²) in [7, 11) is 0. The number of aryl methyl sites for hydroxylation is 4. The Labute approximate surface area is 393 Å². The third kappa shape index (κ3) is 12.0. The van der Waals surface area contributed by atoms with Crippen LogP contribution in [0.2, 0.25) is 5.02 Å². The first-order chi connectivity index (χ1) is 31.8. The fraction of sp³-hybridized carbons (Fsp3) is 0.556. The average Bonchev–Trinajstić information content (AvgIpc) is 4.04. The molecule has 1 aromatic carbocycles. The molecule has 21 heteroatoms. The van der Waals surface area contributed by atoms with E-state index in [0.717, 1.165) is 70.1 Å². The van der Waals surface area contributed by atoms with E-state index in [0.29, 0.717) is 68.3 Å². The summed E-state index contributed by atoms with van der Waals surface area (Å²) in [6.45, 7) is 9.71. The molecule has 3 aromatic heterocycles. The van der Waals surface area contributed by atoms with Crippen molar-refractivity contribution in [2.45, 2.75) is 141 Å². The molecule has 6 heterocycles. The first kappa shape index (κ1) is 48.2. The zero-order valence-electron chi connectivity index (χ0n) is 38.1. The van der Waals surface area contributed by atoms with E-state index in [1.54, 1.807) is 16.0 Å². The largest absolute Gasteiger partial charge is 0.356 e. The zero-order chi connectivity index (χ0) is 46.8. The molecule has 0 bridgehead atoms. The topological polar surface area (TPSA) is 243 Å². The number of urea groups is 1. The van der Waals surface area contributed by atoms with Crippen molar-refractivity contribution in [3.05, 3.63) is 74.4 Å². The van der Waals surface area contributed by atoms with Gasteiger partial charge in [-0.25, -0.2) is 10.2 Å². The molecule has 4 atom stereocenters. The maximum Gasteiger partial charge on any atom is 0.315 e. The van der Waals surface area contributed by atoms with Crippen molar-refractivity contribution in [3.63, 3.8) is 0 Å². The van der Waals surface area contributed by atoms with E-state index >= 15 is 0 Å². The summed E-state index contributed by atoms with van der Waals surface area (Å²) < 4.78 is 3.78. The number of amides is 6. The number of thiophene rings is 1. The number of hydrazine groups is 1. The van der Waals surface area contributed by atoms with Gasteiger partial charge in [-0.2, -0.15) is 0 Å².